The van der Waals surface area contributed by atoms with Gasteiger partial charge in [0.1, 0.15) is 30.8 Å². The van der Waals surface area contributed by atoms with Gasteiger partial charge in [-0.3, -0.25) is 9.47 Å². The number of anilines is 1. The first-order valence-corrected chi connectivity index (χ1v) is 7.97. The van der Waals surface area contributed by atoms with Crippen molar-refractivity contribution in [3.8, 4) is 0 Å². The average molecular weight is 364 g/mol. The summed E-state index contributed by atoms with van der Waals surface area (Å²) >= 11 is 0. The summed E-state index contributed by atoms with van der Waals surface area (Å²) in [6.07, 6.45) is -3.16. The molecule has 0 radical (unpaired) electrons. The van der Waals surface area contributed by atoms with E-state index < -0.39 is 37.0 Å². The number of ether oxygens (including phenoxy) is 1. The minimum atomic E-state index is -1.29. The van der Waals surface area contributed by atoms with Crippen molar-refractivity contribution in [2.24, 2.45) is 4.99 Å². The van der Waals surface area contributed by atoms with Crippen LogP contribution in [0.25, 0.3) is 5.88 Å². The van der Waals surface area contributed by atoms with Crippen LogP contribution >= 0.6 is 0 Å². The molecule has 9 nitrogen and oxygen atoms in total. The molecule has 0 amide bonds. The zero-order valence-corrected chi connectivity index (χ0v) is 13.5. The van der Waals surface area contributed by atoms with Crippen molar-refractivity contribution in [2.45, 2.75) is 24.5 Å². The number of imidazole rings is 1. The lowest BCUT2D eigenvalue weighted by molar-refractivity contribution is -0.0545. The van der Waals surface area contributed by atoms with Crippen LogP contribution in [0, 0.1) is 5.82 Å². The summed E-state index contributed by atoms with van der Waals surface area (Å²) in [6.45, 7) is -0.448. The number of aromatic nitrogens is 2. The molecule has 0 spiro atoms. The summed E-state index contributed by atoms with van der Waals surface area (Å²) in [5.74, 6) is -0.663. The molecule has 0 saturated carbocycles. The second kappa shape index (κ2) is 6.32. The van der Waals surface area contributed by atoms with E-state index in [1.54, 1.807) is 6.07 Å². The average Bonchev–Trinajstić information content (AvgIpc) is 3.18. The summed E-state index contributed by atoms with van der Waals surface area (Å²) in [4.78, 5) is 9.82. The largest absolute Gasteiger partial charge is 0.493 e. The highest BCUT2D eigenvalue weighted by Gasteiger charge is 2.44. The minimum Gasteiger partial charge on any atom is -0.493 e. The second-order valence-corrected chi connectivity index (χ2v) is 6.08. The molecular weight excluding hydrogens is 347 g/mol. The summed E-state index contributed by atoms with van der Waals surface area (Å²) < 4.78 is 20.3. The van der Waals surface area contributed by atoms with Crippen molar-refractivity contribution in [3.05, 3.63) is 47.2 Å². The predicted molar refractivity (Wildman–Crippen MR) is 85.8 cm³/mol. The maximum atomic E-state index is 13.4. The van der Waals surface area contributed by atoms with Gasteiger partial charge in [-0.25, -0.2) is 14.4 Å². The Morgan fingerprint density at radius 2 is 2.08 bits per heavy atom. The molecular formula is C16H17FN4O5. The third-order valence-electron chi connectivity index (χ3n) is 4.51. The minimum absolute atomic E-state index is 0.00276. The zero-order chi connectivity index (χ0) is 18.4. The molecule has 26 heavy (non-hydrogen) atoms. The Morgan fingerprint density at radius 1 is 1.27 bits per heavy atom. The van der Waals surface area contributed by atoms with Crippen molar-refractivity contribution in [3.63, 3.8) is 0 Å². The zero-order valence-electron chi connectivity index (χ0n) is 13.5. The Kier molecular flexibility index (Phi) is 4.11. The maximum absolute atomic E-state index is 13.4. The monoisotopic (exact) mass is 364 g/mol. The first-order chi connectivity index (χ1) is 12.5. The summed E-state index contributed by atoms with van der Waals surface area (Å²) in [7, 11) is 0. The molecule has 1 saturated heterocycles. The van der Waals surface area contributed by atoms with Crippen LogP contribution in [-0.4, -0.2) is 61.6 Å². The van der Waals surface area contributed by atoms with Gasteiger partial charge in [0.2, 0.25) is 5.88 Å². The number of hydrogen-bond donors (Lipinski definition) is 4. The van der Waals surface area contributed by atoms with E-state index in [1.807, 2.05) is 0 Å². The Labute approximate surface area is 146 Å². The number of aliphatic hydroxyl groups excluding tert-OH is 4. The highest BCUT2D eigenvalue weighted by molar-refractivity contribution is 5.63. The lowest BCUT2D eigenvalue weighted by atomic mass is 10.1. The van der Waals surface area contributed by atoms with Crippen molar-refractivity contribution in [1.29, 1.82) is 0 Å². The van der Waals surface area contributed by atoms with Gasteiger partial charge in [-0.2, -0.15) is 0 Å². The third-order valence-corrected chi connectivity index (χ3v) is 4.51. The van der Waals surface area contributed by atoms with Crippen molar-refractivity contribution in [1.82, 2.24) is 9.55 Å². The van der Waals surface area contributed by atoms with E-state index in [2.05, 4.69) is 9.98 Å². The summed E-state index contributed by atoms with van der Waals surface area (Å²) in [6, 6.07) is 5.71. The van der Waals surface area contributed by atoms with Crippen LogP contribution in [0.4, 0.5) is 10.1 Å². The Balaban J connectivity index is 1.74. The molecule has 2 aliphatic heterocycles. The predicted octanol–water partition coefficient (Wildman–Crippen LogP) is -1.65. The number of halogens is 1. The van der Waals surface area contributed by atoms with Gasteiger partial charge >= 0.3 is 0 Å². The van der Waals surface area contributed by atoms with Gasteiger partial charge in [-0.1, -0.05) is 6.07 Å². The van der Waals surface area contributed by atoms with Gasteiger partial charge in [0, 0.05) is 5.69 Å². The van der Waals surface area contributed by atoms with Crippen LogP contribution in [0.2, 0.25) is 0 Å². The molecule has 2 aromatic rings. The fourth-order valence-electron chi connectivity index (χ4n) is 3.15. The lowest BCUT2D eigenvalue weighted by Crippen LogP contribution is -2.45. The van der Waals surface area contributed by atoms with Gasteiger partial charge < -0.3 is 25.2 Å². The van der Waals surface area contributed by atoms with Gasteiger partial charge in [0.05, 0.1) is 12.9 Å². The van der Waals surface area contributed by atoms with E-state index in [1.165, 1.54) is 34.0 Å². The van der Waals surface area contributed by atoms with Crippen LogP contribution < -0.4 is 15.7 Å². The van der Waals surface area contributed by atoms with Crippen LogP contribution in [0.5, 0.6) is 0 Å². The van der Waals surface area contributed by atoms with Crippen LogP contribution in [0.15, 0.2) is 35.6 Å². The first-order valence-electron chi connectivity index (χ1n) is 7.97. The number of nitrogens with zero attached hydrogens (tertiary/aromatic N) is 4. The quantitative estimate of drug-likeness (QED) is 0.515. The first kappa shape index (κ1) is 16.9. The molecule has 0 unspecified atom stereocenters. The number of aliphatic hydroxyl groups is 4. The molecule has 4 atom stereocenters. The molecule has 0 aliphatic carbocycles. The SMILES string of the molecule is OC[C@H]1O[C@@H](n2cnc3c2=NCN(c2cccc(F)c2)C=3O)[C@H](O)[C@@H]1O. The molecule has 1 aromatic heterocycles. The smallest absolute Gasteiger partial charge is 0.223 e. The Morgan fingerprint density at radius 3 is 2.77 bits per heavy atom. The molecule has 138 valence electrons. The van der Waals surface area contributed by atoms with Crippen molar-refractivity contribution < 1.29 is 29.6 Å². The summed E-state index contributed by atoms with van der Waals surface area (Å²) in [5, 5.41) is 39.9. The normalized spacial score (nSPS) is 28.2. The fraction of sp³-hybridized carbons (Fsp3) is 0.375. The molecule has 1 aromatic carbocycles. The maximum Gasteiger partial charge on any atom is 0.223 e. The molecule has 4 rings (SSSR count). The van der Waals surface area contributed by atoms with Gasteiger partial charge in [-0.15, -0.1) is 0 Å². The van der Waals surface area contributed by atoms with E-state index in [0.29, 0.717) is 5.69 Å². The van der Waals surface area contributed by atoms with Crippen LogP contribution in [-0.2, 0) is 4.74 Å². The number of rotatable bonds is 3. The van der Waals surface area contributed by atoms with Crippen LogP contribution in [0.3, 0.4) is 0 Å². The molecule has 0 bridgehead atoms. The van der Waals surface area contributed by atoms with E-state index in [9.17, 15) is 24.8 Å². The standard InChI is InChI=1S/C16H17FN4O5/c17-8-2-1-3-9(4-8)20-7-19-14-11(15(20)25)18-6-21(14)16-13(24)12(23)10(5-22)26-16/h1-4,6,10,12-13,16,22-25H,5,7H2/t10-,12-,13-,16-/m1/s1. The van der Waals surface area contributed by atoms with E-state index in [0.717, 1.165) is 0 Å². The van der Waals surface area contributed by atoms with Crippen LogP contribution in [0.1, 0.15) is 6.23 Å². The number of benzene rings is 1. The topological polar surface area (TPSA) is 124 Å². The fourth-order valence-corrected chi connectivity index (χ4v) is 3.15. The Hall–Kier alpha value is -2.53. The second-order valence-electron chi connectivity index (χ2n) is 6.08. The van der Waals surface area contributed by atoms with Gasteiger partial charge in [-0.05, 0) is 18.2 Å². The Bertz CT molecular complexity index is 948. The van der Waals surface area contributed by atoms with Gasteiger partial charge in [0.15, 0.2) is 17.1 Å². The van der Waals surface area contributed by atoms with Crippen molar-refractivity contribution in [2.75, 3.05) is 18.2 Å². The lowest BCUT2D eigenvalue weighted by Gasteiger charge is -2.23. The third kappa shape index (κ3) is 2.54. The highest BCUT2D eigenvalue weighted by atomic mass is 19.1. The van der Waals surface area contributed by atoms with Crippen molar-refractivity contribution >= 4 is 11.6 Å². The molecule has 3 heterocycles. The molecule has 10 heteroatoms. The van der Waals surface area contributed by atoms with E-state index in [4.69, 9.17) is 4.74 Å². The molecule has 4 N–H and O–H groups in total. The molecule has 1 fully saturated rings. The summed E-state index contributed by atoms with van der Waals surface area (Å²) in [5.41, 5.74) is 0.671. The molecule has 2 aliphatic rings. The highest BCUT2D eigenvalue weighted by Crippen LogP contribution is 2.28. The number of fused-ring (bicyclic) bond motifs is 1. The van der Waals surface area contributed by atoms with Gasteiger partial charge in [0.25, 0.3) is 0 Å². The van der Waals surface area contributed by atoms with E-state index >= 15 is 0 Å². The number of hydrogen-bond acceptors (Lipinski definition) is 8. The van der Waals surface area contributed by atoms with E-state index in [-0.39, 0.29) is 23.4 Å².